The van der Waals surface area contributed by atoms with E-state index in [1.54, 1.807) is 14.2 Å². The highest BCUT2D eigenvalue weighted by atomic mass is 79.9. The summed E-state index contributed by atoms with van der Waals surface area (Å²) >= 11 is 3.44. The van der Waals surface area contributed by atoms with Gasteiger partial charge in [-0.15, -0.1) is 0 Å². The highest BCUT2D eigenvalue weighted by Gasteiger charge is 2.38. The number of hydrogen-bond donors (Lipinski definition) is 1. The van der Waals surface area contributed by atoms with Crippen molar-refractivity contribution in [3.05, 3.63) is 22.2 Å². The first-order valence-corrected chi connectivity index (χ1v) is 7.03. The molecule has 1 amide bonds. The number of alkyl carbamates (subject to hydrolysis) is 1. The number of ether oxygens (including phenoxy) is 3. The highest BCUT2D eigenvalue weighted by Crippen LogP contribution is 2.42. The average Bonchev–Trinajstić information content (AvgIpc) is 2.42. The van der Waals surface area contributed by atoms with Crippen LogP contribution in [-0.4, -0.2) is 26.9 Å². The van der Waals surface area contributed by atoms with Crippen LogP contribution in [0.5, 0.6) is 11.5 Å². The molecule has 0 unspecified atom stereocenters. The molecule has 1 heterocycles. The van der Waals surface area contributed by atoms with Crippen LogP contribution in [0.1, 0.15) is 25.5 Å². The zero-order valence-electron chi connectivity index (χ0n) is 12.0. The number of rotatable bonds is 3. The van der Waals surface area contributed by atoms with E-state index in [0.717, 1.165) is 10.0 Å². The maximum absolute atomic E-state index is 11.5. The second kappa shape index (κ2) is 5.52. The van der Waals surface area contributed by atoms with Gasteiger partial charge in [0.15, 0.2) is 0 Å². The van der Waals surface area contributed by atoms with E-state index in [0.29, 0.717) is 18.1 Å². The van der Waals surface area contributed by atoms with E-state index >= 15 is 0 Å². The van der Waals surface area contributed by atoms with E-state index in [-0.39, 0.29) is 11.5 Å². The summed E-state index contributed by atoms with van der Waals surface area (Å²) in [6, 6.07) is 3.62. The molecular weight excluding hydrogens is 326 g/mol. The van der Waals surface area contributed by atoms with Crippen LogP contribution in [0.3, 0.4) is 0 Å². The van der Waals surface area contributed by atoms with Crippen molar-refractivity contribution in [1.29, 1.82) is 0 Å². The smallest absolute Gasteiger partial charge is 0.407 e. The zero-order valence-corrected chi connectivity index (χ0v) is 13.5. The molecule has 1 aliphatic heterocycles. The van der Waals surface area contributed by atoms with E-state index in [9.17, 15) is 4.79 Å². The molecule has 0 radical (unpaired) electrons. The lowest BCUT2D eigenvalue weighted by atomic mass is 9.80. The molecule has 1 aliphatic rings. The summed E-state index contributed by atoms with van der Waals surface area (Å²) in [5.74, 6) is 1.33. The molecule has 1 N–H and O–H groups in total. The van der Waals surface area contributed by atoms with Crippen molar-refractivity contribution in [1.82, 2.24) is 5.32 Å². The van der Waals surface area contributed by atoms with Crippen molar-refractivity contribution in [3.8, 4) is 11.5 Å². The van der Waals surface area contributed by atoms with Gasteiger partial charge in [-0.2, -0.15) is 0 Å². The Morgan fingerprint density at radius 2 is 1.85 bits per heavy atom. The normalized spacial score (nSPS) is 20.9. The van der Waals surface area contributed by atoms with Gasteiger partial charge in [0.05, 0.1) is 20.3 Å². The van der Waals surface area contributed by atoms with Crippen LogP contribution in [0.15, 0.2) is 16.6 Å². The second-order valence-electron chi connectivity index (χ2n) is 5.38. The summed E-state index contributed by atoms with van der Waals surface area (Å²) < 4.78 is 16.5. The molecule has 110 valence electrons. The van der Waals surface area contributed by atoms with E-state index in [1.807, 2.05) is 26.0 Å². The van der Waals surface area contributed by atoms with Gasteiger partial charge in [-0.25, -0.2) is 4.79 Å². The predicted molar refractivity (Wildman–Crippen MR) is 78.3 cm³/mol. The first-order chi connectivity index (χ1) is 9.39. The Kier molecular flexibility index (Phi) is 4.13. The lowest BCUT2D eigenvalue weighted by Gasteiger charge is -2.38. The molecule has 1 atom stereocenters. The second-order valence-corrected chi connectivity index (χ2v) is 6.17. The Labute approximate surface area is 126 Å². The molecule has 1 aromatic rings. The molecule has 0 saturated carbocycles. The topological polar surface area (TPSA) is 56.8 Å². The van der Waals surface area contributed by atoms with Gasteiger partial charge >= 0.3 is 6.09 Å². The SMILES string of the molecule is COc1cc([C@H]2NC(=O)OCC2(C)C)cc(OC)c1Br. The molecule has 0 bridgehead atoms. The number of methoxy groups -OCH3 is 2. The quantitative estimate of drug-likeness (QED) is 0.914. The van der Waals surface area contributed by atoms with Crippen LogP contribution >= 0.6 is 15.9 Å². The number of halogens is 1. The van der Waals surface area contributed by atoms with Crippen LogP contribution < -0.4 is 14.8 Å². The summed E-state index contributed by atoms with van der Waals surface area (Å²) in [4.78, 5) is 11.5. The molecule has 2 rings (SSSR count). The third-order valence-corrected chi connectivity index (χ3v) is 4.20. The number of nitrogens with one attached hydrogen (secondary N) is 1. The molecule has 0 spiro atoms. The fourth-order valence-electron chi connectivity index (χ4n) is 2.28. The average molecular weight is 344 g/mol. The zero-order chi connectivity index (χ0) is 14.9. The molecular formula is C14H18BrNO4. The first kappa shape index (κ1) is 15.0. The van der Waals surface area contributed by atoms with Crippen molar-refractivity contribution in [2.45, 2.75) is 19.9 Å². The Morgan fingerprint density at radius 3 is 2.35 bits per heavy atom. The van der Waals surface area contributed by atoms with E-state index in [2.05, 4.69) is 21.2 Å². The van der Waals surface area contributed by atoms with Crippen LogP contribution in [0.2, 0.25) is 0 Å². The number of amides is 1. The summed E-state index contributed by atoms with van der Waals surface area (Å²) in [7, 11) is 3.19. The molecule has 1 fully saturated rings. The first-order valence-electron chi connectivity index (χ1n) is 6.23. The van der Waals surface area contributed by atoms with Gasteiger partial charge in [0, 0.05) is 5.41 Å². The molecule has 0 aliphatic carbocycles. The highest BCUT2D eigenvalue weighted by molar-refractivity contribution is 9.10. The minimum atomic E-state index is -0.407. The summed E-state index contributed by atoms with van der Waals surface area (Å²) in [5.41, 5.74) is 0.696. The van der Waals surface area contributed by atoms with Crippen LogP contribution in [-0.2, 0) is 4.74 Å². The Morgan fingerprint density at radius 1 is 1.30 bits per heavy atom. The number of carbonyl (C=O) groups is 1. The largest absolute Gasteiger partial charge is 0.495 e. The summed E-state index contributed by atoms with van der Waals surface area (Å²) in [6.07, 6.45) is -0.407. The Balaban J connectivity index is 2.47. The van der Waals surface area contributed by atoms with Crippen molar-refractivity contribution >= 4 is 22.0 Å². The molecule has 1 saturated heterocycles. The fourth-order valence-corrected chi connectivity index (χ4v) is 2.83. The third kappa shape index (κ3) is 2.70. The Hall–Kier alpha value is -1.43. The van der Waals surface area contributed by atoms with Crippen molar-refractivity contribution in [3.63, 3.8) is 0 Å². The maximum Gasteiger partial charge on any atom is 0.407 e. The van der Waals surface area contributed by atoms with Crippen LogP contribution in [0.25, 0.3) is 0 Å². The fraction of sp³-hybridized carbons (Fsp3) is 0.500. The van der Waals surface area contributed by atoms with E-state index in [4.69, 9.17) is 14.2 Å². The standard InChI is InChI=1S/C14H18BrNO4/c1-14(2)7-20-13(17)16-12(14)8-5-9(18-3)11(15)10(6-8)19-4/h5-6,12H,7H2,1-4H3,(H,16,17)/t12-/m1/s1. The molecule has 6 heteroatoms. The Bertz CT molecular complexity index is 505. The van der Waals surface area contributed by atoms with Gasteiger partial charge in [0.25, 0.3) is 0 Å². The molecule has 20 heavy (non-hydrogen) atoms. The van der Waals surface area contributed by atoms with Gasteiger partial charge in [-0.3, -0.25) is 0 Å². The summed E-state index contributed by atoms with van der Waals surface area (Å²) in [5, 5.41) is 2.86. The minimum Gasteiger partial charge on any atom is -0.495 e. The van der Waals surface area contributed by atoms with E-state index in [1.165, 1.54) is 0 Å². The lowest BCUT2D eigenvalue weighted by Crippen LogP contribution is -2.46. The van der Waals surface area contributed by atoms with Crippen molar-refractivity contribution < 1.29 is 19.0 Å². The van der Waals surface area contributed by atoms with E-state index < -0.39 is 6.09 Å². The minimum absolute atomic E-state index is 0.167. The van der Waals surface area contributed by atoms with Gasteiger partial charge in [-0.1, -0.05) is 13.8 Å². The maximum atomic E-state index is 11.5. The van der Waals surface area contributed by atoms with Gasteiger partial charge in [-0.05, 0) is 33.6 Å². The van der Waals surface area contributed by atoms with Gasteiger partial charge in [0.2, 0.25) is 0 Å². The predicted octanol–water partition coefficient (Wildman–Crippen LogP) is 3.27. The van der Waals surface area contributed by atoms with Crippen molar-refractivity contribution in [2.75, 3.05) is 20.8 Å². The molecule has 0 aromatic heterocycles. The summed E-state index contributed by atoms with van der Waals surface area (Å²) in [6.45, 7) is 4.44. The number of benzene rings is 1. The molecule has 1 aromatic carbocycles. The van der Waals surface area contributed by atoms with Crippen molar-refractivity contribution in [2.24, 2.45) is 5.41 Å². The third-order valence-electron chi connectivity index (χ3n) is 3.42. The van der Waals surface area contributed by atoms with Crippen LogP contribution in [0.4, 0.5) is 4.79 Å². The van der Waals surface area contributed by atoms with Gasteiger partial charge < -0.3 is 19.5 Å². The number of carbonyl (C=O) groups excluding carboxylic acids is 1. The lowest BCUT2D eigenvalue weighted by molar-refractivity contribution is 0.0386. The monoisotopic (exact) mass is 343 g/mol. The number of hydrogen-bond acceptors (Lipinski definition) is 4. The number of cyclic esters (lactones) is 1. The van der Waals surface area contributed by atoms with Gasteiger partial charge in [0.1, 0.15) is 22.6 Å². The van der Waals surface area contributed by atoms with Crippen LogP contribution in [0, 0.1) is 5.41 Å². The molecule has 5 nitrogen and oxygen atoms in total.